The largest absolute Gasteiger partial charge is 0.497 e. The Morgan fingerprint density at radius 1 is 1.07 bits per heavy atom. The first-order valence-electron chi connectivity index (χ1n) is 19.7. The maximum Gasteiger partial charge on any atom is 0.259 e. The van der Waals surface area contributed by atoms with Gasteiger partial charge in [0.15, 0.2) is 5.82 Å². The second-order valence-corrected chi connectivity index (χ2v) is 18.6. The zero-order chi connectivity index (χ0) is 40.7. The summed E-state index contributed by atoms with van der Waals surface area (Å²) >= 11 is 0. The zero-order valence-electron chi connectivity index (χ0n) is 32.9. The molecule has 15 nitrogen and oxygen atoms in total. The van der Waals surface area contributed by atoms with Crippen molar-refractivity contribution in [2.45, 2.75) is 95.1 Å². The minimum atomic E-state index is -3.91. The van der Waals surface area contributed by atoms with Gasteiger partial charge >= 0.3 is 0 Å². The van der Waals surface area contributed by atoms with Crippen LogP contribution in [0.4, 0.5) is 0 Å². The molecule has 2 N–H and O–H groups in total. The summed E-state index contributed by atoms with van der Waals surface area (Å²) < 4.78 is 39.9. The van der Waals surface area contributed by atoms with E-state index in [4.69, 9.17) is 19.4 Å². The van der Waals surface area contributed by atoms with E-state index in [0.717, 1.165) is 19.3 Å². The number of fused-ring (bicyclic) bond motifs is 1. The fourth-order valence-corrected chi connectivity index (χ4v) is 9.23. The molecular formula is C41H51N7O8S. The van der Waals surface area contributed by atoms with E-state index in [1.807, 2.05) is 31.7 Å². The SMILES string of the molecule is C=C[C@@H]1C[C@]1(NC(=O)[C@@H]1C[C@@H](Oc2nc(-c3ccccn3)nc3cc(OC)ccc23)CN1C(=O)C(CC(=O)N1CCCCC1)C(C)(C)C)C(=O)NS(=O)(=O)C1CC1. The molecule has 16 heteroatoms. The molecule has 2 saturated heterocycles. The molecule has 2 saturated carbocycles. The number of pyridine rings is 1. The molecule has 5 atom stereocenters. The number of rotatable bonds is 13. The van der Waals surface area contributed by atoms with Gasteiger partial charge in [0.05, 0.1) is 35.7 Å². The molecule has 2 aliphatic heterocycles. The fraction of sp³-hybridized carbons (Fsp3) is 0.537. The van der Waals surface area contributed by atoms with Gasteiger partial charge in [0.2, 0.25) is 33.6 Å². The van der Waals surface area contributed by atoms with E-state index >= 15 is 0 Å². The number of piperidine rings is 1. The van der Waals surface area contributed by atoms with Crippen molar-refractivity contribution in [3.63, 3.8) is 0 Å². The minimum Gasteiger partial charge on any atom is -0.497 e. The maximum absolute atomic E-state index is 14.8. The van der Waals surface area contributed by atoms with Crippen molar-refractivity contribution in [2.24, 2.45) is 17.3 Å². The molecule has 3 aromatic rings. The van der Waals surface area contributed by atoms with E-state index in [0.29, 0.717) is 54.1 Å². The Labute approximate surface area is 333 Å². The van der Waals surface area contributed by atoms with Crippen molar-refractivity contribution in [3.8, 4) is 23.1 Å². The monoisotopic (exact) mass is 801 g/mol. The van der Waals surface area contributed by atoms with E-state index in [1.165, 1.54) is 11.0 Å². The highest BCUT2D eigenvalue weighted by atomic mass is 32.2. The van der Waals surface area contributed by atoms with Crippen LogP contribution in [0.1, 0.15) is 72.1 Å². The number of nitrogens with zero attached hydrogens (tertiary/aromatic N) is 5. The third-order valence-corrected chi connectivity index (χ3v) is 13.4. The predicted molar refractivity (Wildman–Crippen MR) is 211 cm³/mol. The Kier molecular flexibility index (Phi) is 11.0. The molecule has 0 radical (unpaired) electrons. The lowest BCUT2D eigenvalue weighted by Gasteiger charge is -2.36. The summed E-state index contributed by atoms with van der Waals surface area (Å²) in [7, 11) is -2.35. The van der Waals surface area contributed by atoms with Crippen molar-refractivity contribution in [1.29, 1.82) is 0 Å². The Hall–Kier alpha value is -5.12. The number of likely N-dealkylation sites (tertiary alicyclic amines) is 2. The standard InChI is InChI=1S/C41H51N7O8S/c1-6-25-23-41(25,39(52)46-57(53,54)28-14-15-28)45-36(50)33-21-27(24-48(33)38(51)30(40(2,3)4)22-34(49)47-18-10-7-11-19-47)56-37-29-16-13-26(55-5)20-32(29)43-35(44-37)31-12-8-9-17-42-31/h6,8-9,12-13,16-17,20,25,27-28,30,33H,1,7,10-11,14-15,18-19,21-24H2,2-5H3,(H,45,50)(H,46,52)/t25-,27-,30?,33+,41-/m1/s1. The van der Waals surface area contributed by atoms with Gasteiger partial charge in [0.25, 0.3) is 5.91 Å². The first-order chi connectivity index (χ1) is 27.1. The quantitative estimate of drug-likeness (QED) is 0.239. The third kappa shape index (κ3) is 8.46. The van der Waals surface area contributed by atoms with Crippen LogP contribution in [0.3, 0.4) is 0 Å². The number of methoxy groups -OCH3 is 1. The van der Waals surface area contributed by atoms with Gasteiger partial charge in [-0.2, -0.15) is 4.98 Å². The van der Waals surface area contributed by atoms with Crippen LogP contribution in [0, 0.1) is 17.3 Å². The molecule has 2 aromatic heterocycles. The number of hydrogen-bond acceptors (Lipinski definition) is 11. The minimum absolute atomic E-state index is 0.0197. The first kappa shape index (κ1) is 40.1. The molecule has 1 aromatic carbocycles. The number of carbonyl (C=O) groups excluding carboxylic acids is 4. The van der Waals surface area contributed by atoms with Crippen LogP contribution in [-0.4, -0.2) is 106 Å². The molecular weight excluding hydrogens is 751 g/mol. The zero-order valence-corrected chi connectivity index (χ0v) is 33.7. The number of hydrogen-bond donors (Lipinski definition) is 2. The van der Waals surface area contributed by atoms with Gasteiger partial charge in [-0.1, -0.05) is 32.9 Å². The summed E-state index contributed by atoms with van der Waals surface area (Å²) in [6.45, 7) is 10.8. The molecule has 1 unspecified atom stereocenters. The van der Waals surface area contributed by atoms with Gasteiger partial charge in [-0.15, -0.1) is 6.58 Å². The summed E-state index contributed by atoms with van der Waals surface area (Å²) in [5.74, 6) is -2.20. The molecule has 4 heterocycles. The van der Waals surface area contributed by atoms with Crippen LogP contribution in [0.25, 0.3) is 22.4 Å². The van der Waals surface area contributed by atoms with Crippen LogP contribution < -0.4 is 19.5 Å². The number of aromatic nitrogens is 3. The maximum atomic E-state index is 14.8. The lowest BCUT2D eigenvalue weighted by Crippen LogP contribution is -2.57. The Morgan fingerprint density at radius 3 is 2.46 bits per heavy atom. The lowest BCUT2D eigenvalue weighted by atomic mass is 9.77. The summed E-state index contributed by atoms with van der Waals surface area (Å²) in [5.41, 5.74) is -1.18. The highest BCUT2D eigenvalue weighted by Gasteiger charge is 2.62. The predicted octanol–water partition coefficient (Wildman–Crippen LogP) is 3.78. The van der Waals surface area contributed by atoms with E-state index in [9.17, 15) is 27.6 Å². The summed E-state index contributed by atoms with van der Waals surface area (Å²) in [6.07, 6.45) is 6.31. The van der Waals surface area contributed by atoms with E-state index in [2.05, 4.69) is 21.6 Å². The van der Waals surface area contributed by atoms with Crippen LogP contribution >= 0.6 is 0 Å². The molecule has 4 amide bonds. The van der Waals surface area contributed by atoms with Crippen LogP contribution in [-0.2, 0) is 29.2 Å². The Balaban J connectivity index is 1.21. The van der Waals surface area contributed by atoms with Gasteiger partial charge in [-0.05, 0) is 68.2 Å². The van der Waals surface area contributed by atoms with E-state index < -0.39 is 67.9 Å². The molecule has 304 valence electrons. The van der Waals surface area contributed by atoms with Crippen molar-refractivity contribution >= 4 is 44.6 Å². The number of nitrogens with one attached hydrogen (secondary N) is 2. The van der Waals surface area contributed by atoms with Gasteiger partial charge < -0.3 is 24.6 Å². The molecule has 2 aliphatic carbocycles. The summed E-state index contributed by atoms with van der Waals surface area (Å²) in [6, 6.07) is 9.53. The van der Waals surface area contributed by atoms with Gasteiger partial charge in [0, 0.05) is 44.1 Å². The second kappa shape index (κ2) is 15.7. The molecule has 4 aliphatic rings. The van der Waals surface area contributed by atoms with E-state index in [1.54, 1.807) is 43.6 Å². The van der Waals surface area contributed by atoms with Gasteiger partial charge in [-0.25, -0.2) is 13.4 Å². The summed E-state index contributed by atoms with van der Waals surface area (Å²) in [4.78, 5) is 73.8. The smallest absolute Gasteiger partial charge is 0.259 e. The molecule has 57 heavy (non-hydrogen) atoms. The average Bonchev–Trinajstić information content (AvgIpc) is 4.13. The Bertz CT molecular complexity index is 2170. The normalized spacial score (nSPS) is 24.0. The van der Waals surface area contributed by atoms with Crippen molar-refractivity contribution < 1.29 is 37.1 Å². The number of amides is 4. The first-order valence-corrected chi connectivity index (χ1v) is 21.2. The van der Waals surface area contributed by atoms with Crippen molar-refractivity contribution in [3.05, 3.63) is 55.3 Å². The second-order valence-electron chi connectivity index (χ2n) is 16.7. The number of carbonyl (C=O) groups is 4. The molecule has 7 rings (SSSR count). The number of ether oxygens (including phenoxy) is 2. The number of benzene rings is 1. The van der Waals surface area contributed by atoms with Crippen LogP contribution in [0.5, 0.6) is 11.6 Å². The fourth-order valence-electron chi connectivity index (χ4n) is 7.87. The van der Waals surface area contributed by atoms with Gasteiger partial charge in [-0.3, -0.25) is 28.9 Å². The highest BCUT2D eigenvalue weighted by Crippen LogP contribution is 2.46. The van der Waals surface area contributed by atoms with Gasteiger partial charge in [0.1, 0.15) is 29.1 Å². The molecule has 0 spiro atoms. The number of sulfonamides is 1. The average molecular weight is 802 g/mol. The highest BCUT2D eigenvalue weighted by molar-refractivity contribution is 7.91. The Morgan fingerprint density at radius 2 is 1.82 bits per heavy atom. The van der Waals surface area contributed by atoms with E-state index in [-0.39, 0.29) is 37.6 Å². The summed E-state index contributed by atoms with van der Waals surface area (Å²) in [5, 5.41) is 2.77. The topological polar surface area (TPSA) is 190 Å². The van der Waals surface area contributed by atoms with Crippen LogP contribution in [0.2, 0.25) is 0 Å². The van der Waals surface area contributed by atoms with Crippen LogP contribution in [0.15, 0.2) is 55.3 Å². The molecule has 0 bridgehead atoms. The molecule has 4 fully saturated rings. The third-order valence-electron chi connectivity index (χ3n) is 11.6. The lowest BCUT2D eigenvalue weighted by molar-refractivity contribution is -0.148. The van der Waals surface area contributed by atoms with Crippen molar-refractivity contribution in [1.82, 2.24) is 34.8 Å². The van der Waals surface area contributed by atoms with Crippen molar-refractivity contribution in [2.75, 3.05) is 26.7 Å².